The van der Waals surface area contributed by atoms with Gasteiger partial charge in [0.15, 0.2) is 5.82 Å². The monoisotopic (exact) mass is 268 g/mol. The van der Waals surface area contributed by atoms with Crippen molar-refractivity contribution in [3.05, 3.63) is 70.7 Å². The highest BCUT2D eigenvalue weighted by atomic mass is 16.6. The van der Waals surface area contributed by atoms with Crippen LogP contribution in [0.5, 0.6) is 0 Å². The van der Waals surface area contributed by atoms with Crippen LogP contribution in [0.25, 0.3) is 11.0 Å². The third-order valence-corrected chi connectivity index (χ3v) is 2.79. The molecule has 0 spiro atoms. The molecule has 0 amide bonds. The van der Waals surface area contributed by atoms with Crippen LogP contribution < -0.4 is 11.2 Å². The van der Waals surface area contributed by atoms with E-state index in [2.05, 4.69) is 10.5 Å². The third kappa shape index (κ3) is 2.67. The molecule has 5 nitrogen and oxygen atoms in total. The van der Waals surface area contributed by atoms with Crippen molar-refractivity contribution in [2.75, 3.05) is 5.48 Å². The Morgan fingerprint density at radius 2 is 1.80 bits per heavy atom. The van der Waals surface area contributed by atoms with Crippen molar-refractivity contribution in [3.63, 3.8) is 0 Å². The van der Waals surface area contributed by atoms with E-state index in [1.54, 1.807) is 18.2 Å². The molecule has 0 radical (unpaired) electrons. The molecule has 100 valence electrons. The molecule has 0 fully saturated rings. The first-order valence-corrected chi connectivity index (χ1v) is 6.14. The molecule has 3 rings (SSSR count). The standard InChI is InChI=1S/C15H12N2O3/c18-15-16-14(12-8-4-5-9-13(12)20-15)17-19-10-11-6-2-1-3-7-11/h1-9H,10H2,(H,16,17,18). The average Bonchev–Trinajstić information content (AvgIpc) is 2.48. The fraction of sp³-hybridized carbons (Fsp3) is 0.0667. The molecule has 2 aromatic carbocycles. The van der Waals surface area contributed by atoms with Crippen LogP contribution in [0.2, 0.25) is 0 Å². The third-order valence-electron chi connectivity index (χ3n) is 2.79. The van der Waals surface area contributed by atoms with Crippen LogP contribution in [-0.2, 0) is 11.4 Å². The van der Waals surface area contributed by atoms with E-state index >= 15 is 0 Å². The molecule has 0 atom stereocenters. The highest BCUT2D eigenvalue weighted by molar-refractivity contribution is 5.86. The maximum atomic E-state index is 11.4. The van der Waals surface area contributed by atoms with Crippen LogP contribution >= 0.6 is 0 Å². The second-order valence-electron chi connectivity index (χ2n) is 4.20. The van der Waals surface area contributed by atoms with Crippen LogP contribution in [-0.4, -0.2) is 4.98 Å². The van der Waals surface area contributed by atoms with E-state index in [0.29, 0.717) is 23.4 Å². The lowest BCUT2D eigenvalue weighted by atomic mass is 10.2. The van der Waals surface area contributed by atoms with Gasteiger partial charge >= 0.3 is 5.76 Å². The topological polar surface area (TPSA) is 64.4 Å². The van der Waals surface area contributed by atoms with Crippen molar-refractivity contribution < 1.29 is 9.25 Å². The lowest BCUT2D eigenvalue weighted by molar-refractivity contribution is 0.179. The summed E-state index contributed by atoms with van der Waals surface area (Å²) in [5.41, 5.74) is 4.20. The summed E-state index contributed by atoms with van der Waals surface area (Å²) in [4.78, 5) is 20.5. The van der Waals surface area contributed by atoms with Crippen LogP contribution in [0.4, 0.5) is 5.82 Å². The van der Waals surface area contributed by atoms with E-state index in [-0.39, 0.29) is 0 Å². The number of anilines is 1. The summed E-state index contributed by atoms with van der Waals surface area (Å²) in [5, 5.41) is 0.695. The molecule has 0 saturated carbocycles. The molecule has 20 heavy (non-hydrogen) atoms. The van der Waals surface area contributed by atoms with Crippen LogP contribution in [0.1, 0.15) is 5.56 Å². The summed E-state index contributed by atoms with van der Waals surface area (Å²) < 4.78 is 5.00. The number of para-hydroxylation sites is 1. The number of fused-ring (bicyclic) bond motifs is 1. The van der Waals surface area contributed by atoms with Crippen LogP contribution in [0, 0.1) is 0 Å². The van der Waals surface area contributed by atoms with Crippen molar-refractivity contribution >= 4 is 16.8 Å². The summed E-state index contributed by atoms with van der Waals surface area (Å²) in [6.45, 7) is 0.372. The molecule has 1 N–H and O–H groups in total. The zero-order chi connectivity index (χ0) is 13.8. The van der Waals surface area contributed by atoms with Crippen molar-refractivity contribution in [1.82, 2.24) is 4.98 Å². The highest BCUT2D eigenvalue weighted by Crippen LogP contribution is 2.18. The molecule has 0 aliphatic heterocycles. The summed E-state index contributed by atoms with van der Waals surface area (Å²) in [5.74, 6) is -0.303. The summed E-state index contributed by atoms with van der Waals surface area (Å²) >= 11 is 0. The Bertz CT molecular complexity index is 769. The minimum atomic E-state index is -0.658. The predicted molar refractivity (Wildman–Crippen MR) is 75.1 cm³/mol. The van der Waals surface area contributed by atoms with Gasteiger partial charge in [-0.2, -0.15) is 4.98 Å². The zero-order valence-corrected chi connectivity index (χ0v) is 10.6. The number of aromatic nitrogens is 1. The van der Waals surface area contributed by atoms with Gasteiger partial charge in [-0.15, -0.1) is 0 Å². The molecular weight excluding hydrogens is 256 g/mol. The van der Waals surface area contributed by atoms with Crippen molar-refractivity contribution in [2.24, 2.45) is 0 Å². The molecule has 0 saturated heterocycles. The Labute approximate surface area is 114 Å². The van der Waals surface area contributed by atoms with Crippen molar-refractivity contribution in [2.45, 2.75) is 6.61 Å². The normalized spacial score (nSPS) is 10.6. The van der Waals surface area contributed by atoms with Gasteiger partial charge in [0.1, 0.15) is 5.58 Å². The molecule has 3 aromatic rings. The maximum absolute atomic E-state index is 11.4. The number of nitrogens with one attached hydrogen (secondary N) is 1. The molecular formula is C15H12N2O3. The molecule has 0 aliphatic rings. The molecule has 1 aromatic heterocycles. The molecule has 0 bridgehead atoms. The minimum Gasteiger partial charge on any atom is -0.408 e. The van der Waals surface area contributed by atoms with Gasteiger partial charge in [0.25, 0.3) is 0 Å². The average molecular weight is 268 g/mol. The second kappa shape index (κ2) is 5.54. The lowest BCUT2D eigenvalue weighted by Gasteiger charge is -2.07. The van der Waals surface area contributed by atoms with Gasteiger partial charge in [0.05, 0.1) is 12.0 Å². The maximum Gasteiger partial charge on any atom is 0.441 e. The first-order chi connectivity index (χ1) is 9.83. The Hall–Kier alpha value is -2.66. The highest BCUT2D eigenvalue weighted by Gasteiger charge is 2.06. The predicted octanol–water partition coefficient (Wildman–Crippen LogP) is 2.73. The summed E-state index contributed by atoms with van der Waals surface area (Å²) in [6.07, 6.45) is 0. The van der Waals surface area contributed by atoms with Gasteiger partial charge in [-0.05, 0) is 17.7 Å². The molecule has 0 aliphatic carbocycles. The lowest BCUT2D eigenvalue weighted by Crippen LogP contribution is -2.10. The van der Waals surface area contributed by atoms with Gasteiger partial charge in [-0.1, -0.05) is 42.5 Å². The Morgan fingerprint density at radius 3 is 2.65 bits per heavy atom. The smallest absolute Gasteiger partial charge is 0.408 e. The first kappa shape index (κ1) is 12.4. The number of nitrogens with zero attached hydrogens (tertiary/aromatic N) is 1. The van der Waals surface area contributed by atoms with E-state index in [9.17, 15) is 4.79 Å². The van der Waals surface area contributed by atoms with Crippen LogP contribution in [0.15, 0.2) is 63.8 Å². The number of benzene rings is 2. The van der Waals surface area contributed by atoms with Gasteiger partial charge < -0.3 is 4.42 Å². The van der Waals surface area contributed by atoms with E-state index in [0.717, 1.165) is 5.56 Å². The fourth-order valence-corrected chi connectivity index (χ4v) is 1.86. The zero-order valence-electron chi connectivity index (χ0n) is 10.6. The first-order valence-electron chi connectivity index (χ1n) is 6.14. The molecule has 0 unspecified atom stereocenters. The van der Waals surface area contributed by atoms with E-state index in [1.807, 2.05) is 36.4 Å². The van der Waals surface area contributed by atoms with Gasteiger partial charge in [0, 0.05) is 0 Å². The molecule has 1 heterocycles. The van der Waals surface area contributed by atoms with Gasteiger partial charge in [-0.25, -0.2) is 10.3 Å². The Balaban J connectivity index is 1.79. The number of hydrogen-bond acceptors (Lipinski definition) is 5. The largest absolute Gasteiger partial charge is 0.441 e. The quantitative estimate of drug-likeness (QED) is 0.737. The Morgan fingerprint density at radius 1 is 1.05 bits per heavy atom. The summed E-state index contributed by atoms with van der Waals surface area (Å²) in [7, 11) is 0. The SMILES string of the molecule is O=c1nc(NOCc2ccccc2)c2ccccc2o1. The fourth-order valence-electron chi connectivity index (χ4n) is 1.86. The van der Waals surface area contributed by atoms with Crippen LogP contribution in [0.3, 0.4) is 0 Å². The van der Waals surface area contributed by atoms with Gasteiger partial charge in [-0.3, -0.25) is 4.84 Å². The molecule has 5 heteroatoms. The number of hydrogen-bond donors (Lipinski definition) is 1. The summed E-state index contributed by atoms with van der Waals surface area (Å²) in [6, 6.07) is 16.9. The van der Waals surface area contributed by atoms with Crippen molar-refractivity contribution in [3.8, 4) is 0 Å². The Kier molecular flexibility index (Phi) is 3.43. The van der Waals surface area contributed by atoms with E-state index in [1.165, 1.54) is 0 Å². The van der Waals surface area contributed by atoms with Gasteiger partial charge in [0.2, 0.25) is 0 Å². The van der Waals surface area contributed by atoms with Crippen molar-refractivity contribution in [1.29, 1.82) is 0 Å². The number of rotatable bonds is 4. The minimum absolute atomic E-state index is 0.354. The van der Waals surface area contributed by atoms with E-state index in [4.69, 9.17) is 9.25 Å². The second-order valence-corrected chi connectivity index (χ2v) is 4.20. The van der Waals surface area contributed by atoms with E-state index < -0.39 is 5.76 Å².